The molecule has 0 aromatic heterocycles. The fourth-order valence-corrected chi connectivity index (χ4v) is 2.18. The first-order valence-corrected chi connectivity index (χ1v) is 9.33. The van der Waals surface area contributed by atoms with Gasteiger partial charge in [0.25, 0.3) is 0 Å². The molecule has 0 heterocycles. The zero-order valence-corrected chi connectivity index (χ0v) is 17.8. The number of benzene rings is 1. The standard InChI is InChI=1S/C20H33N5O3/c1-7-21-18(27)20(2,3)14-24-19(23-13-17(26)25(4)5)22-12-15-8-10-16(28-6)11-9-15/h8-11H,7,12-14H2,1-6H3,(H,21,27)(H2,22,23,24). The van der Waals surface area contributed by atoms with Gasteiger partial charge in [0.2, 0.25) is 11.8 Å². The van der Waals surface area contributed by atoms with Gasteiger partial charge in [-0.15, -0.1) is 0 Å². The largest absolute Gasteiger partial charge is 0.497 e. The van der Waals surface area contributed by atoms with Crippen LogP contribution in [-0.4, -0.2) is 63.5 Å². The average molecular weight is 392 g/mol. The smallest absolute Gasteiger partial charge is 0.241 e. The number of rotatable bonds is 9. The minimum Gasteiger partial charge on any atom is -0.497 e. The van der Waals surface area contributed by atoms with Gasteiger partial charge in [-0.3, -0.25) is 9.59 Å². The number of carbonyl (C=O) groups excluding carboxylic acids is 2. The summed E-state index contributed by atoms with van der Waals surface area (Å²) in [6, 6.07) is 7.62. The number of aliphatic imine (C=N–C) groups is 1. The molecule has 3 N–H and O–H groups in total. The van der Waals surface area contributed by atoms with E-state index in [0.717, 1.165) is 11.3 Å². The number of nitrogens with one attached hydrogen (secondary N) is 3. The maximum absolute atomic E-state index is 12.2. The molecule has 0 atom stereocenters. The summed E-state index contributed by atoms with van der Waals surface area (Å²) in [5.74, 6) is 1.15. The van der Waals surface area contributed by atoms with Crippen molar-refractivity contribution in [3.63, 3.8) is 0 Å². The number of likely N-dealkylation sites (N-methyl/N-ethyl adjacent to an activating group) is 1. The second-order valence-corrected chi connectivity index (χ2v) is 7.25. The summed E-state index contributed by atoms with van der Waals surface area (Å²) >= 11 is 0. The maximum Gasteiger partial charge on any atom is 0.241 e. The summed E-state index contributed by atoms with van der Waals surface area (Å²) in [5, 5.41) is 9.03. The van der Waals surface area contributed by atoms with Gasteiger partial charge in [0.1, 0.15) is 5.75 Å². The SMILES string of the molecule is CCNC(=O)C(C)(C)CNC(=NCc1ccc(OC)cc1)NCC(=O)N(C)C. The highest BCUT2D eigenvalue weighted by Gasteiger charge is 2.27. The van der Waals surface area contributed by atoms with E-state index in [9.17, 15) is 9.59 Å². The van der Waals surface area contributed by atoms with Crippen LogP contribution in [0.15, 0.2) is 29.3 Å². The Kier molecular flexibility index (Phi) is 9.27. The van der Waals surface area contributed by atoms with Crippen molar-refractivity contribution in [1.29, 1.82) is 0 Å². The van der Waals surface area contributed by atoms with Crippen LogP contribution in [0.3, 0.4) is 0 Å². The Morgan fingerprint density at radius 1 is 1.11 bits per heavy atom. The fraction of sp³-hybridized carbons (Fsp3) is 0.550. The third kappa shape index (κ3) is 7.85. The predicted molar refractivity (Wildman–Crippen MR) is 111 cm³/mol. The van der Waals surface area contributed by atoms with Gasteiger partial charge in [0.05, 0.1) is 25.6 Å². The fourth-order valence-electron chi connectivity index (χ4n) is 2.18. The van der Waals surface area contributed by atoms with Crippen molar-refractivity contribution in [2.24, 2.45) is 10.4 Å². The minimum atomic E-state index is -0.621. The first-order chi connectivity index (χ1) is 13.2. The molecule has 28 heavy (non-hydrogen) atoms. The van der Waals surface area contributed by atoms with Crippen molar-refractivity contribution in [1.82, 2.24) is 20.9 Å². The molecule has 2 amide bonds. The molecule has 0 saturated carbocycles. The minimum absolute atomic E-state index is 0.0404. The first kappa shape index (κ1) is 23.3. The maximum atomic E-state index is 12.2. The number of guanidine groups is 1. The van der Waals surface area contributed by atoms with Gasteiger partial charge >= 0.3 is 0 Å². The summed E-state index contributed by atoms with van der Waals surface area (Å²) in [6.07, 6.45) is 0. The van der Waals surface area contributed by atoms with E-state index in [1.54, 1.807) is 21.2 Å². The molecule has 0 spiro atoms. The number of ether oxygens (including phenoxy) is 1. The van der Waals surface area contributed by atoms with Gasteiger partial charge in [-0.1, -0.05) is 12.1 Å². The van der Waals surface area contributed by atoms with E-state index in [4.69, 9.17) is 4.74 Å². The van der Waals surface area contributed by atoms with Crippen LogP contribution in [0.4, 0.5) is 0 Å². The highest BCUT2D eigenvalue weighted by atomic mass is 16.5. The van der Waals surface area contributed by atoms with Crippen molar-refractivity contribution in [3.8, 4) is 5.75 Å². The predicted octanol–water partition coefficient (Wildman–Crippen LogP) is 0.981. The van der Waals surface area contributed by atoms with Gasteiger partial charge < -0.3 is 25.6 Å². The van der Waals surface area contributed by atoms with Crippen LogP contribution in [0.2, 0.25) is 0 Å². The van der Waals surface area contributed by atoms with Crippen molar-refractivity contribution >= 4 is 17.8 Å². The van der Waals surface area contributed by atoms with Crippen LogP contribution in [0, 0.1) is 5.41 Å². The highest BCUT2D eigenvalue weighted by Crippen LogP contribution is 2.14. The molecule has 0 saturated heterocycles. The Morgan fingerprint density at radius 3 is 2.29 bits per heavy atom. The Labute approximate surface area is 167 Å². The summed E-state index contributed by atoms with van der Waals surface area (Å²) in [6.45, 7) is 7.10. The van der Waals surface area contributed by atoms with Crippen molar-refractivity contribution < 1.29 is 14.3 Å². The molecule has 0 aliphatic heterocycles. The van der Waals surface area contributed by atoms with Gasteiger partial charge in [-0.2, -0.15) is 0 Å². The Balaban J connectivity index is 2.81. The summed E-state index contributed by atoms with van der Waals surface area (Å²) in [7, 11) is 5.02. The van der Waals surface area contributed by atoms with E-state index >= 15 is 0 Å². The van der Waals surface area contributed by atoms with Gasteiger partial charge in [0.15, 0.2) is 5.96 Å². The van der Waals surface area contributed by atoms with Gasteiger partial charge in [-0.25, -0.2) is 4.99 Å². The van der Waals surface area contributed by atoms with Crippen molar-refractivity contribution in [2.45, 2.75) is 27.3 Å². The molecular weight excluding hydrogens is 358 g/mol. The normalized spacial score (nSPS) is 11.6. The molecular formula is C20H33N5O3. The Hall–Kier alpha value is -2.77. The molecule has 1 aromatic carbocycles. The van der Waals surface area contributed by atoms with Gasteiger partial charge in [0, 0.05) is 27.2 Å². The third-order valence-electron chi connectivity index (χ3n) is 4.13. The number of hydrogen-bond donors (Lipinski definition) is 3. The van der Waals surface area contributed by atoms with Crippen LogP contribution in [0.5, 0.6) is 5.75 Å². The number of amides is 2. The molecule has 8 nitrogen and oxygen atoms in total. The van der Waals surface area contributed by atoms with Crippen LogP contribution < -0.4 is 20.7 Å². The van der Waals surface area contributed by atoms with Crippen LogP contribution >= 0.6 is 0 Å². The third-order valence-corrected chi connectivity index (χ3v) is 4.13. The first-order valence-electron chi connectivity index (χ1n) is 9.33. The summed E-state index contributed by atoms with van der Waals surface area (Å²) < 4.78 is 5.16. The van der Waals surface area contributed by atoms with E-state index in [1.165, 1.54) is 4.90 Å². The summed E-state index contributed by atoms with van der Waals surface area (Å²) in [5.41, 5.74) is 0.383. The molecule has 0 fully saturated rings. The van der Waals surface area contributed by atoms with E-state index in [-0.39, 0.29) is 18.4 Å². The lowest BCUT2D eigenvalue weighted by Crippen LogP contribution is -2.49. The van der Waals surface area contributed by atoms with Gasteiger partial charge in [-0.05, 0) is 38.5 Å². The quantitative estimate of drug-likeness (QED) is 0.431. The molecule has 0 aliphatic carbocycles. The highest BCUT2D eigenvalue weighted by molar-refractivity contribution is 5.87. The number of methoxy groups -OCH3 is 1. The lowest BCUT2D eigenvalue weighted by atomic mass is 9.92. The van der Waals surface area contributed by atoms with Crippen LogP contribution in [-0.2, 0) is 16.1 Å². The molecule has 0 unspecified atom stereocenters. The molecule has 1 aromatic rings. The number of carbonyl (C=O) groups is 2. The van der Waals surface area contributed by atoms with E-state index in [1.807, 2.05) is 45.0 Å². The lowest BCUT2D eigenvalue weighted by molar-refractivity contribution is -0.129. The molecule has 0 aliphatic rings. The van der Waals surface area contributed by atoms with Crippen molar-refractivity contribution in [3.05, 3.63) is 29.8 Å². The molecule has 156 valence electrons. The molecule has 0 radical (unpaired) electrons. The topological polar surface area (TPSA) is 95.1 Å². The molecule has 8 heteroatoms. The monoisotopic (exact) mass is 391 g/mol. The van der Waals surface area contributed by atoms with E-state index in [2.05, 4.69) is 20.9 Å². The second-order valence-electron chi connectivity index (χ2n) is 7.25. The zero-order valence-electron chi connectivity index (χ0n) is 17.8. The van der Waals surface area contributed by atoms with E-state index in [0.29, 0.717) is 25.6 Å². The number of hydrogen-bond acceptors (Lipinski definition) is 4. The molecule has 1 rings (SSSR count). The number of nitrogens with zero attached hydrogens (tertiary/aromatic N) is 2. The lowest BCUT2D eigenvalue weighted by Gasteiger charge is -2.25. The average Bonchev–Trinajstić information content (AvgIpc) is 2.67. The zero-order chi connectivity index (χ0) is 21.2. The molecule has 0 bridgehead atoms. The summed E-state index contributed by atoms with van der Waals surface area (Å²) in [4.78, 5) is 30.1. The van der Waals surface area contributed by atoms with E-state index < -0.39 is 5.41 Å². The Bertz CT molecular complexity index is 669. The van der Waals surface area contributed by atoms with Crippen LogP contribution in [0.1, 0.15) is 26.3 Å². The van der Waals surface area contributed by atoms with Crippen LogP contribution in [0.25, 0.3) is 0 Å². The second kappa shape index (κ2) is 11.2. The van der Waals surface area contributed by atoms with Crippen molar-refractivity contribution in [2.75, 3.05) is 40.8 Å². The Morgan fingerprint density at radius 2 is 1.75 bits per heavy atom.